The Balaban J connectivity index is 2.32. The molecule has 5 heteroatoms. The first-order valence-corrected chi connectivity index (χ1v) is 7.15. The molecular weight excluding hydrogens is 282 g/mol. The largest absolute Gasteiger partial charge is 0.480 e. The van der Waals surface area contributed by atoms with Gasteiger partial charge >= 0.3 is 0 Å². The second-order valence-electron chi connectivity index (χ2n) is 3.75. The van der Waals surface area contributed by atoms with Crippen molar-refractivity contribution in [3.05, 3.63) is 52.7 Å². The van der Waals surface area contributed by atoms with Gasteiger partial charge in [-0.25, -0.2) is 4.98 Å². The summed E-state index contributed by atoms with van der Waals surface area (Å²) in [6.07, 6.45) is 1.99. The van der Waals surface area contributed by atoms with Crippen molar-refractivity contribution in [2.24, 2.45) is 0 Å². The molecule has 98 valence electrons. The Hall–Kier alpha value is -1.52. The van der Waals surface area contributed by atoms with Crippen LogP contribution in [0.1, 0.15) is 16.1 Å². The summed E-state index contributed by atoms with van der Waals surface area (Å²) < 4.78 is 5.01. The van der Waals surface area contributed by atoms with E-state index < -0.39 is 0 Å². The van der Waals surface area contributed by atoms with Gasteiger partial charge in [-0.15, -0.1) is 11.8 Å². The molecule has 0 saturated carbocycles. The molecule has 1 heterocycles. The molecule has 19 heavy (non-hydrogen) atoms. The molecule has 0 spiro atoms. The first-order chi connectivity index (χ1) is 9.15. The van der Waals surface area contributed by atoms with Gasteiger partial charge in [0.1, 0.15) is 10.7 Å². The zero-order valence-electron chi connectivity index (χ0n) is 10.5. The third-order valence-electron chi connectivity index (χ3n) is 2.59. The maximum atomic E-state index is 12.3. The molecule has 0 amide bonds. The van der Waals surface area contributed by atoms with Crippen LogP contribution in [-0.2, 0) is 0 Å². The van der Waals surface area contributed by atoms with E-state index in [4.69, 9.17) is 16.3 Å². The molecule has 2 rings (SSSR count). The van der Waals surface area contributed by atoms with Gasteiger partial charge < -0.3 is 4.74 Å². The minimum absolute atomic E-state index is 0.150. The number of methoxy groups -OCH3 is 1. The Kier molecular flexibility index (Phi) is 4.45. The molecule has 0 aliphatic carbocycles. The number of benzene rings is 1. The van der Waals surface area contributed by atoms with E-state index in [2.05, 4.69) is 4.98 Å². The Labute approximate surface area is 121 Å². The summed E-state index contributed by atoms with van der Waals surface area (Å²) in [4.78, 5) is 17.5. The van der Waals surface area contributed by atoms with Crippen LogP contribution < -0.4 is 4.74 Å². The smallest absolute Gasteiger partial charge is 0.232 e. The minimum Gasteiger partial charge on any atom is -0.480 e. The Morgan fingerprint density at radius 2 is 1.89 bits per heavy atom. The van der Waals surface area contributed by atoms with Crippen molar-refractivity contribution in [2.45, 2.75) is 4.90 Å². The fraction of sp³-hybridized carbons (Fsp3) is 0.143. The van der Waals surface area contributed by atoms with Crippen LogP contribution in [0.4, 0.5) is 0 Å². The number of rotatable bonds is 4. The SMILES string of the molecule is COc1nc(C(=O)c2ccc(SC)cc2)ccc1Cl. The molecular formula is C14H12ClNO2S. The fourth-order valence-electron chi connectivity index (χ4n) is 1.58. The number of pyridine rings is 1. The van der Waals surface area contributed by atoms with Crippen LogP contribution in [0.2, 0.25) is 5.02 Å². The summed E-state index contributed by atoms with van der Waals surface area (Å²) in [7, 11) is 1.47. The first-order valence-electron chi connectivity index (χ1n) is 5.55. The number of carbonyl (C=O) groups excluding carboxylic acids is 1. The van der Waals surface area contributed by atoms with Crippen molar-refractivity contribution in [1.29, 1.82) is 0 Å². The molecule has 0 aliphatic heterocycles. The van der Waals surface area contributed by atoms with E-state index in [1.165, 1.54) is 7.11 Å². The van der Waals surface area contributed by atoms with Crippen LogP contribution in [0.15, 0.2) is 41.3 Å². The molecule has 0 radical (unpaired) electrons. The molecule has 2 aromatic rings. The third-order valence-corrected chi connectivity index (χ3v) is 3.62. The minimum atomic E-state index is -0.150. The summed E-state index contributed by atoms with van der Waals surface area (Å²) in [6, 6.07) is 10.6. The lowest BCUT2D eigenvalue weighted by Crippen LogP contribution is -2.05. The van der Waals surface area contributed by atoms with Crippen LogP contribution in [-0.4, -0.2) is 24.1 Å². The number of thioether (sulfide) groups is 1. The molecule has 0 fully saturated rings. The highest BCUT2D eigenvalue weighted by Gasteiger charge is 2.13. The van der Waals surface area contributed by atoms with E-state index in [1.54, 1.807) is 36.0 Å². The van der Waals surface area contributed by atoms with Gasteiger partial charge in [0.25, 0.3) is 0 Å². The van der Waals surface area contributed by atoms with Crippen LogP contribution in [0.5, 0.6) is 5.88 Å². The van der Waals surface area contributed by atoms with Gasteiger partial charge in [0.05, 0.1) is 7.11 Å². The number of hydrogen-bond acceptors (Lipinski definition) is 4. The van der Waals surface area contributed by atoms with Gasteiger partial charge in [-0.05, 0) is 42.7 Å². The number of ketones is 1. The lowest BCUT2D eigenvalue weighted by atomic mass is 10.1. The highest BCUT2D eigenvalue weighted by Crippen LogP contribution is 2.23. The number of hydrogen-bond donors (Lipinski definition) is 0. The van der Waals surface area contributed by atoms with Gasteiger partial charge in [-0.3, -0.25) is 4.79 Å². The lowest BCUT2D eigenvalue weighted by molar-refractivity contribution is 0.103. The molecule has 3 nitrogen and oxygen atoms in total. The Morgan fingerprint density at radius 1 is 1.21 bits per heavy atom. The number of aromatic nitrogens is 1. The average Bonchev–Trinajstić information content (AvgIpc) is 2.47. The molecule has 1 aromatic heterocycles. The van der Waals surface area contributed by atoms with E-state index in [0.29, 0.717) is 16.3 Å². The van der Waals surface area contributed by atoms with E-state index in [1.807, 2.05) is 18.4 Å². The van der Waals surface area contributed by atoms with Crippen molar-refractivity contribution < 1.29 is 9.53 Å². The van der Waals surface area contributed by atoms with Crippen molar-refractivity contribution in [3.8, 4) is 5.88 Å². The lowest BCUT2D eigenvalue weighted by Gasteiger charge is -2.05. The quantitative estimate of drug-likeness (QED) is 0.636. The second kappa shape index (κ2) is 6.08. The van der Waals surface area contributed by atoms with Gasteiger partial charge in [0.15, 0.2) is 0 Å². The van der Waals surface area contributed by atoms with Crippen LogP contribution >= 0.6 is 23.4 Å². The van der Waals surface area contributed by atoms with E-state index >= 15 is 0 Å². The van der Waals surface area contributed by atoms with E-state index in [0.717, 1.165) is 4.90 Å². The van der Waals surface area contributed by atoms with Gasteiger partial charge in [-0.2, -0.15) is 0 Å². The fourth-order valence-corrected chi connectivity index (χ4v) is 2.17. The molecule has 0 aliphatic rings. The molecule has 0 N–H and O–H groups in total. The third kappa shape index (κ3) is 3.08. The normalized spacial score (nSPS) is 10.3. The molecule has 0 atom stereocenters. The Morgan fingerprint density at radius 3 is 2.47 bits per heavy atom. The number of nitrogens with zero attached hydrogens (tertiary/aromatic N) is 1. The monoisotopic (exact) mass is 293 g/mol. The molecule has 0 bridgehead atoms. The summed E-state index contributed by atoms with van der Waals surface area (Å²) in [5.74, 6) is 0.107. The summed E-state index contributed by atoms with van der Waals surface area (Å²) in [5.41, 5.74) is 0.910. The molecule has 0 saturated heterocycles. The number of halogens is 1. The van der Waals surface area contributed by atoms with Crippen molar-refractivity contribution in [1.82, 2.24) is 4.98 Å². The van der Waals surface area contributed by atoms with Gasteiger partial charge in [0, 0.05) is 10.5 Å². The zero-order chi connectivity index (χ0) is 13.8. The van der Waals surface area contributed by atoms with Crippen molar-refractivity contribution >= 4 is 29.1 Å². The number of carbonyl (C=O) groups is 1. The predicted octanol–water partition coefficient (Wildman–Crippen LogP) is 3.70. The standard InChI is InChI=1S/C14H12ClNO2S/c1-18-14-11(15)7-8-12(16-14)13(17)9-3-5-10(19-2)6-4-9/h3-8H,1-2H3. The first kappa shape index (κ1) is 13.9. The molecule has 0 unspecified atom stereocenters. The summed E-state index contributed by atoms with van der Waals surface area (Å²) in [5, 5.41) is 0.386. The van der Waals surface area contributed by atoms with Crippen LogP contribution in [0, 0.1) is 0 Å². The summed E-state index contributed by atoms with van der Waals surface area (Å²) >= 11 is 7.51. The zero-order valence-corrected chi connectivity index (χ0v) is 12.1. The second-order valence-corrected chi connectivity index (χ2v) is 5.03. The van der Waals surface area contributed by atoms with Gasteiger partial charge in [-0.1, -0.05) is 11.6 Å². The topological polar surface area (TPSA) is 39.2 Å². The highest BCUT2D eigenvalue weighted by molar-refractivity contribution is 7.98. The highest BCUT2D eigenvalue weighted by atomic mass is 35.5. The maximum absolute atomic E-state index is 12.3. The van der Waals surface area contributed by atoms with Crippen molar-refractivity contribution in [2.75, 3.05) is 13.4 Å². The average molecular weight is 294 g/mol. The Bertz CT molecular complexity index is 599. The molecule has 1 aromatic carbocycles. The predicted molar refractivity (Wildman–Crippen MR) is 77.5 cm³/mol. The van der Waals surface area contributed by atoms with E-state index in [-0.39, 0.29) is 11.7 Å². The van der Waals surface area contributed by atoms with Crippen LogP contribution in [0.25, 0.3) is 0 Å². The maximum Gasteiger partial charge on any atom is 0.232 e. The van der Waals surface area contributed by atoms with Crippen LogP contribution in [0.3, 0.4) is 0 Å². The van der Waals surface area contributed by atoms with Gasteiger partial charge in [0.2, 0.25) is 11.7 Å². The van der Waals surface area contributed by atoms with E-state index in [9.17, 15) is 4.79 Å². The summed E-state index contributed by atoms with van der Waals surface area (Å²) in [6.45, 7) is 0. The van der Waals surface area contributed by atoms with Crippen molar-refractivity contribution in [3.63, 3.8) is 0 Å². The number of ether oxygens (including phenoxy) is 1.